The lowest BCUT2D eigenvalue weighted by Gasteiger charge is -2.28. The van der Waals surface area contributed by atoms with Crippen LogP contribution < -0.4 is 4.90 Å². The zero-order valence-electron chi connectivity index (χ0n) is 36.1. The molecule has 1 aliphatic carbocycles. The van der Waals surface area contributed by atoms with E-state index in [1.807, 2.05) is 0 Å². The Morgan fingerprint density at radius 3 is 1.77 bits per heavy atom. The van der Waals surface area contributed by atoms with Gasteiger partial charge in [-0.15, -0.1) is 0 Å². The van der Waals surface area contributed by atoms with E-state index in [1.54, 1.807) is 0 Å². The molecule has 13 rings (SSSR count). The van der Waals surface area contributed by atoms with Gasteiger partial charge < -0.3 is 9.47 Å². The van der Waals surface area contributed by atoms with E-state index in [2.05, 4.69) is 243 Å². The third-order valence-electron chi connectivity index (χ3n) is 14.2. The molecule has 12 aromatic rings. The zero-order valence-corrected chi connectivity index (χ0v) is 36.1. The first-order chi connectivity index (χ1) is 31.4. The smallest absolute Gasteiger partial charge is 0.0553 e. The highest BCUT2D eigenvalue weighted by atomic mass is 15.1. The molecule has 0 unspecified atom stereocenters. The second-order valence-corrected chi connectivity index (χ2v) is 18.2. The van der Waals surface area contributed by atoms with Crippen LogP contribution in [0, 0.1) is 6.92 Å². The third kappa shape index (κ3) is 5.45. The number of aryl methyl sites for hydroxylation is 1. The SMILES string of the molecule is Cc1ccc(N(c2ccc(-c3ccc4c(c3)c3c5ccc6cccc7ccc(cc3n4-c3ccc(-c4ccccc4)cc3)c5c76)cc2)c2ccc3c(c2)C(C)(C)c2ccccc2-3)cc1. The monoisotopic (exact) mass is 816 g/mol. The summed E-state index contributed by atoms with van der Waals surface area (Å²) in [5, 5.41) is 10.3. The number of nitrogens with zero attached hydrogens (tertiary/aromatic N) is 2. The van der Waals surface area contributed by atoms with Crippen molar-refractivity contribution in [2.75, 3.05) is 4.90 Å². The molecule has 0 spiro atoms. The minimum atomic E-state index is -0.0892. The van der Waals surface area contributed by atoms with Crippen LogP contribution in [0.25, 0.3) is 93.2 Å². The van der Waals surface area contributed by atoms with E-state index >= 15 is 0 Å². The fourth-order valence-corrected chi connectivity index (χ4v) is 11.0. The van der Waals surface area contributed by atoms with Crippen LogP contribution >= 0.6 is 0 Å². The lowest BCUT2D eigenvalue weighted by molar-refractivity contribution is 0.660. The van der Waals surface area contributed by atoms with Gasteiger partial charge in [-0.25, -0.2) is 0 Å². The number of hydrogen-bond donors (Lipinski definition) is 0. The molecule has 0 saturated heterocycles. The Bertz CT molecular complexity index is 3760. The van der Waals surface area contributed by atoms with Crippen molar-refractivity contribution in [3.63, 3.8) is 0 Å². The minimum absolute atomic E-state index is 0.0892. The van der Waals surface area contributed by atoms with E-state index < -0.39 is 0 Å². The lowest BCUT2D eigenvalue weighted by atomic mass is 9.82. The van der Waals surface area contributed by atoms with Gasteiger partial charge in [-0.3, -0.25) is 0 Å². The molecule has 0 aliphatic heterocycles. The van der Waals surface area contributed by atoms with E-state index in [9.17, 15) is 0 Å². The van der Waals surface area contributed by atoms with Crippen LogP contribution in [-0.4, -0.2) is 4.57 Å². The van der Waals surface area contributed by atoms with Crippen LogP contribution in [-0.2, 0) is 5.41 Å². The maximum absolute atomic E-state index is 2.47. The van der Waals surface area contributed by atoms with Crippen molar-refractivity contribution < 1.29 is 0 Å². The molecular weight excluding hydrogens is 773 g/mol. The van der Waals surface area contributed by atoms with Gasteiger partial charge in [-0.1, -0.05) is 165 Å². The average molecular weight is 817 g/mol. The molecule has 302 valence electrons. The van der Waals surface area contributed by atoms with E-state index in [-0.39, 0.29) is 5.41 Å². The Labute approximate surface area is 373 Å². The van der Waals surface area contributed by atoms with Gasteiger partial charge in [0, 0.05) is 38.9 Å². The van der Waals surface area contributed by atoms with Gasteiger partial charge in [0.05, 0.1) is 11.0 Å². The summed E-state index contributed by atoms with van der Waals surface area (Å²) >= 11 is 0. The van der Waals surface area contributed by atoms with Gasteiger partial charge in [0.25, 0.3) is 0 Å². The summed E-state index contributed by atoms with van der Waals surface area (Å²) in [6.07, 6.45) is 0. The summed E-state index contributed by atoms with van der Waals surface area (Å²) in [4.78, 5) is 2.41. The molecule has 1 aliphatic rings. The van der Waals surface area contributed by atoms with Gasteiger partial charge in [-0.05, 0) is 150 Å². The molecule has 2 heteroatoms. The Hall–Kier alpha value is -7.94. The Balaban J connectivity index is 0.966. The average Bonchev–Trinajstić information content (AvgIpc) is 3.79. The highest BCUT2D eigenvalue weighted by molar-refractivity contribution is 6.33. The van der Waals surface area contributed by atoms with E-state index in [4.69, 9.17) is 0 Å². The van der Waals surface area contributed by atoms with E-state index in [0.29, 0.717) is 0 Å². The van der Waals surface area contributed by atoms with Crippen LogP contribution in [0.5, 0.6) is 0 Å². The number of anilines is 3. The van der Waals surface area contributed by atoms with Gasteiger partial charge >= 0.3 is 0 Å². The van der Waals surface area contributed by atoms with Crippen LogP contribution in [0.2, 0.25) is 0 Å². The van der Waals surface area contributed by atoms with Gasteiger partial charge in [-0.2, -0.15) is 0 Å². The summed E-state index contributed by atoms with van der Waals surface area (Å²) in [7, 11) is 0. The summed E-state index contributed by atoms with van der Waals surface area (Å²) in [5.74, 6) is 0. The molecule has 64 heavy (non-hydrogen) atoms. The second kappa shape index (κ2) is 13.8. The van der Waals surface area contributed by atoms with Crippen LogP contribution in [0.3, 0.4) is 0 Å². The summed E-state index contributed by atoms with van der Waals surface area (Å²) in [5.41, 5.74) is 18.4. The van der Waals surface area contributed by atoms with Crippen molar-refractivity contribution in [1.29, 1.82) is 0 Å². The zero-order chi connectivity index (χ0) is 42.7. The Morgan fingerprint density at radius 1 is 0.375 bits per heavy atom. The number of hydrogen-bond acceptors (Lipinski definition) is 1. The lowest BCUT2D eigenvalue weighted by Crippen LogP contribution is -2.16. The largest absolute Gasteiger partial charge is 0.310 e. The molecule has 0 bridgehead atoms. The minimum Gasteiger partial charge on any atom is -0.310 e. The fraction of sp³-hybridized carbons (Fsp3) is 0.0645. The van der Waals surface area contributed by atoms with Crippen LogP contribution in [0.15, 0.2) is 212 Å². The van der Waals surface area contributed by atoms with Crippen LogP contribution in [0.4, 0.5) is 17.1 Å². The van der Waals surface area contributed by atoms with Gasteiger partial charge in [0.15, 0.2) is 0 Å². The highest BCUT2D eigenvalue weighted by Crippen LogP contribution is 2.51. The maximum Gasteiger partial charge on any atom is 0.0553 e. The Morgan fingerprint density at radius 2 is 0.984 bits per heavy atom. The summed E-state index contributed by atoms with van der Waals surface area (Å²) < 4.78 is 2.47. The molecule has 11 aromatic carbocycles. The van der Waals surface area contributed by atoms with Crippen molar-refractivity contribution in [1.82, 2.24) is 4.57 Å². The topological polar surface area (TPSA) is 8.17 Å². The van der Waals surface area contributed by atoms with Gasteiger partial charge in [0.1, 0.15) is 0 Å². The molecular formula is C62H44N2. The third-order valence-corrected chi connectivity index (χ3v) is 14.2. The molecule has 1 heterocycles. The highest BCUT2D eigenvalue weighted by Gasteiger charge is 2.35. The molecule has 0 amide bonds. The quantitative estimate of drug-likeness (QED) is 0.152. The molecule has 0 fully saturated rings. The molecule has 2 nitrogen and oxygen atoms in total. The summed E-state index contributed by atoms with van der Waals surface area (Å²) in [6.45, 7) is 6.87. The number of rotatable bonds is 6. The van der Waals surface area contributed by atoms with E-state index in [1.165, 1.54) is 104 Å². The van der Waals surface area contributed by atoms with Crippen molar-refractivity contribution in [2.24, 2.45) is 0 Å². The standard InChI is InChI=1S/C62H44N2/c1-39-16-26-47(27-17-39)63(50-32-34-52-51-14-7-8-15-55(51)62(2,3)56(52)38-50)48-28-22-42(23-29-48)45-25-35-57-54(36-45)61-53-33-24-44-13-9-12-43-18-19-46(60(53)59(43)44)37-58(61)64(57)49-30-20-41(21-31-49)40-10-5-4-6-11-40/h4-38H,1-3H3. The molecule has 0 atom stereocenters. The van der Waals surface area contributed by atoms with Crippen molar-refractivity contribution in [3.05, 3.63) is 229 Å². The molecule has 0 radical (unpaired) electrons. The fourth-order valence-electron chi connectivity index (χ4n) is 11.0. The second-order valence-electron chi connectivity index (χ2n) is 18.2. The molecule has 0 N–H and O–H groups in total. The van der Waals surface area contributed by atoms with E-state index in [0.717, 1.165) is 22.7 Å². The van der Waals surface area contributed by atoms with Crippen molar-refractivity contribution in [3.8, 4) is 39.1 Å². The van der Waals surface area contributed by atoms with Crippen molar-refractivity contribution >= 4 is 71.2 Å². The normalized spacial score (nSPS) is 13.0. The number of aromatic nitrogens is 1. The predicted molar refractivity (Wildman–Crippen MR) is 272 cm³/mol. The van der Waals surface area contributed by atoms with Gasteiger partial charge in [0.2, 0.25) is 0 Å². The van der Waals surface area contributed by atoms with Crippen molar-refractivity contribution in [2.45, 2.75) is 26.2 Å². The maximum atomic E-state index is 2.47. The molecule has 1 aromatic heterocycles. The first-order valence-electron chi connectivity index (χ1n) is 22.4. The first-order valence-corrected chi connectivity index (χ1v) is 22.4. The summed E-state index contributed by atoms with van der Waals surface area (Å²) in [6, 6.07) is 79.1. The Kier molecular flexibility index (Phi) is 7.90. The number of benzene rings is 11. The molecule has 0 saturated carbocycles. The predicted octanol–water partition coefficient (Wildman–Crippen LogP) is 17.1. The first kappa shape index (κ1) is 36.7. The van der Waals surface area contributed by atoms with Crippen LogP contribution in [0.1, 0.15) is 30.5 Å². The number of fused-ring (bicyclic) bond motifs is 7.